The maximum Gasteiger partial charge on any atom is 0.288 e. The van der Waals surface area contributed by atoms with Crippen LogP contribution in [0.5, 0.6) is 0 Å². The molecule has 0 aliphatic heterocycles. The maximum atomic E-state index is 10.8. The number of nitro groups is 1. The Morgan fingerprint density at radius 3 is 3.00 bits per heavy atom. The minimum atomic E-state index is -0.497. The van der Waals surface area contributed by atoms with Crippen LogP contribution in [0, 0.1) is 10.1 Å². The fraction of sp³-hybridized carbons (Fsp3) is 0.182. The van der Waals surface area contributed by atoms with Crippen LogP contribution in [0.4, 0.5) is 10.8 Å². The molecule has 7 heteroatoms. The Morgan fingerprint density at radius 2 is 2.33 bits per heavy atom. The Hall–Kier alpha value is -1.66. The van der Waals surface area contributed by atoms with Gasteiger partial charge in [-0.05, 0) is 13.0 Å². The number of aromatic nitrogens is 1. The third-order valence-electron chi connectivity index (χ3n) is 2.27. The molecule has 0 amide bonds. The summed E-state index contributed by atoms with van der Waals surface area (Å²) < 4.78 is 0. The highest BCUT2D eigenvalue weighted by Crippen LogP contribution is 2.31. The summed E-state index contributed by atoms with van der Waals surface area (Å²) in [6.45, 7) is 2.77. The Morgan fingerprint density at radius 1 is 1.56 bits per heavy atom. The van der Waals surface area contributed by atoms with Gasteiger partial charge in [-0.1, -0.05) is 17.7 Å². The summed E-state index contributed by atoms with van der Waals surface area (Å²) >= 11 is 7.22. The average molecular weight is 284 g/mol. The first-order chi connectivity index (χ1) is 8.61. The summed E-state index contributed by atoms with van der Waals surface area (Å²) in [6.07, 6.45) is 0. The maximum absolute atomic E-state index is 10.8. The number of anilines is 1. The molecule has 0 unspecified atom stereocenters. The third-order valence-corrected chi connectivity index (χ3v) is 3.39. The van der Waals surface area contributed by atoms with Crippen LogP contribution in [0.2, 0.25) is 5.02 Å². The molecule has 1 heterocycles. The summed E-state index contributed by atoms with van der Waals surface area (Å²) in [4.78, 5) is 14.6. The quantitative estimate of drug-likeness (QED) is 0.684. The minimum Gasteiger partial charge on any atom is -0.362 e. The number of nitrogens with zero attached hydrogens (tertiary/aromatic N) is 2. The molecule has 0 bridgehead atoms. The molecule has 0 atom stereocenters. The topological polar surface area (TPSA) is 68.1 Å². The van der Waals surface area contributed by atoms with Crippen LogP contribution in [0.15, 0.2) is 23.6 Å². The van der Waals surface area contributed by atoms with Gasteiger partial charge < -0.3 is 5.32 Å². The molecule has 0 radical (unpaired) electrons. The van der Waals surface area contributed by atoms with Gasteiger partial charge in [0.05, 0.1) is 10.6 Å². The van der Waals surface area contributed by atoms with Crippen molar-refractivity contribution in [3.05, 3.63) is 38.7 Å². The van der Waals surface area contributed by atoms with Crippen molar-refractivity contribution in [2.24, 2.45) is 0 Å². The van der Waals surface area contributed by atoms with E-state index in [2.05, 4.69) is 10.3 Å². The Labute approximate surface area is 113 Å². The SMILES string of the molecule is CCNc1nc(-c2ccc(Cl)c([N+](=O)[O-])c2)cs1. The van der Waals surface area contributed by atoms with Crippen LogP contribution < -0.4 is 5.32 Å². The van der Waals surface area contributed by atoms with Gasteiger partial charge in [0.2, 0.25) is 0 Å². The standard InChI is InChI=1S/C11H10ClN3O2S/c1-2-13-11-14-9(6-18-11)7-3-4-8(12)10(5-7)15(16)17/h3-6H,2H2,1H3,(H,13,14). The lowest BCUT2D eigenvalue weighted by Gasteiger charge is -1.99. The lowest BCUT2D eigenvalue weighted by Crippen LogP contribution is -1.95. The van der Waals surface area contributed by atoms with Gasteiger partial charge in [-0.25, -0.2) is 4.98 Å². The van der Waals surface area contributed by atoms with Gasteiger partial charge in [-0.3, -0.25) is 10.1 Å². The van der Waals surface area contributed by atoms with Crippen molar-refractivity contribution in [1.82, 2.24) is 4.98 Å². The van der Waals surface area contributed by atoms with Gasteiger partial charge in [0, 0.05) is 23.6 Å². The van der Waals surface area contributed by atoms with Gasteiger partial charge in [-0.15, -0.1) is 11.3 Å². The highest BCUT2D eigenvalue weighted by molar-refractivity contribution is 7.14. The second-order valence-corrected chi connectivity index (χ2v) is 4.76. The van der Waals surface area contributed by atoms with Crippen molar-refractivity contribution in [3.63, 3.8) is 0 Å². The van der Waals surface area contributed by atoms with Crippen LogP contribution in [0.1, 0.15) is 6.92 Å². The van der Waals surface area contributed by atoms with E-state index in [1.165, 1.54) is 23.5 Å². The Kier molecular flexibility index (Phi) is 3.78. The zero-order valence-corrected chi connectivity index (χ0v) is 11.1. The molecular weight excluding hydrogens is 274 g/mol. The minimum absolute atomic E-state index is 0.104. The molecule has 0 aliphatic carbocycles. The Bertz CT molecular complexity index is 585. The highest BCUT2D eigenvalue weighted by atomic mass is 35.5. The van der Waals surface area contributed by atoms with E-state index in [9.17, 15) is 10.1 Å². The summed E-state index contributed by atoms with van der Waals surface area (Å²) in [5.41, 5.74) is 1.29. The predicted molar refractivity (Wildman–Crippen MR) is 73.4 cm³/mol. The third kappa shape index (κ3) is 2.60. The number of nitro benzene ring substituents is 1. The monoisotopic (exact) mass is 283 g/mol. The number of thiazole rings is 1. The van der Waals surface area contributed by atoms with Gasteiger partial charge in [-0.2, -0.15) is 0 Å². The molecule has 1 N–H and O–H groups in total. The van der Waals surface area contributed by atoms with E-state index in [1.54, 1.807) is 6.07 Å². The van der Waals surface area contributed by atoms with Gasteiger partial charge in [0.15, 0.2) is 5.13 Å². The van der Waals surface area contributed by atoms with Crippen LogP contribution >= 0.6 is 22.9 Å². The summed E-state index contributed by atoms with van der Waals surface area (Å²) in [6, 6.07) is 4.68. The zero-order valence-electron chi connectivity index (χ0n) is 9.51. The molecule has 5 nitrogen and oxygen atoms in total. The predicted octanol–water partition coefficient (Wildman–Crippen LogP) is 3.80. The lowest BCUT2D eigenvalue weighted by molar-refractivity contribution is -0.384. The average Bonchev–Trinajstić information content (AvgIpc) is 2.78. The van der Waals surface area contributed by atoms with E-state index in [0.29, 0.717) is 11.3 Å². The number of hydrogen-bond donors (Lipinski definition) is 1. The van der Waals surface area contributed by atoms with E-state index in [-0.39, 0.29) is 10.7 Å². The smallest absolute Gasteiger partial charge is 0.288 e. The number of benzene rings is 1. The van der Waals surface area contributed by atoms with E-state index in [4.69, 9.17) is 11.6 Å². The number of rotatable bonds is 4. The molecule has 1 aromatic carbocycles. The van der Waals surface area contributed by atoms with Crippen molar-refractivity contribution in [2.75, 3.05) is 11.9 Å². The van der Waals surface area contributed by atoms with E-state index in [1.807, 2.05) is 12.3 Å². The Balaban J connectivity index is 2.38. The molecule has 1 aromatic heterocycles. The van der Waals surface area contributed by atoms with Gasteiger partial charge in [0.25, 0.3) is 5.69 Å². The van der Waals surface area contributed by atoms with Crippen molar-refractivity contribution in [2.45, 2.75) is 6.92 Å². The van der Waals surface area contributed by atoms with E-state index >= 15 is 0 Å². The molecule has 18 heavy (non-hydrogen) atoms. The van der Waals surface area contributed by atoms with Crippen molar-refractivity contribution >= 4 is 33.8 Å². The molecule has 2 aromatic rings. The fourth-order valence-corrected chi connectivity index (χ4v) is 2.43. The van der Waals surface area contributed by atoms with Crippen molar-refractivity contribution in [3.8, 4) is 11.3 Å². The normalized spacial score (nSPS) is 10.3. The molecule has 0 saturated heterocycles. The second-order valence-electron chi connectivity index (χ2n) is 3.49. The first kappa shape index (κ1) is 12.8. The molecular formula is C11H10ClN3O2S. The molecule has 0 fully saturated rings. The number of hydrogen-bond acceptors (Lipinski definition) is 5. The van der Waals surface area contributed by atoms with E-state index < -0.39 is 4.92 Å². The summed E-state index contributed by atoms with van der Waals surface area (Å²) in [5, 5.41) is 16.7. The van der Waals surface area contributed by atoms with Crippen LogP contribution in [0.3, 0.4) is 0 Å². The number of nitrogens with one attached hydrogen (secondary N) is 1. The zero-order chi connectivity index (χ0) is 13.1. The van der Waals surface area contributed by atoms with Crippen molar-refractivity contribution < 1.29 is 4.92 Å². The van der Waals surface area contributed by atoms with Crippen molar-refractivity contribution in [1.29, 1.82) is 0 Å². The van der Waals surface area contributed by atoms with Crippen LogP contribution in [0.25, 0.3) is 11.3 Å². The molecule has 0 saturated carbocycles. The first-order valence-corrected chi connectivity index (χ1v) is 6.51. The largest absolute Gasteiger partial charge is 0.362 e. The molecule has 0 aliphatic rings. The first-order valence-electron chi connectivity index (χ1n) is 5.25. The van der Waals surface area contributed by atoms with E-state index in [0.717, 1.165) is 11.7 Å². The highest BCUT2D eigenvalue weighted by Gasteiger charge is 2.14. The van der Waals surface area contributed by atoms with Crippen LogP contribution in [-0.4, -0.2) is 16.5 Å². The van der Waals surface area contributed by atoms with Gasteiger partial charge >= 0.3 is 0 Å². The van der Waals surface area contributed by atoms with Crippen LogP contribution in [-0.2, 0) is 0 Å². The number of halogens is 1. The lowest BCUT2D eigenvalue weighted by atomic mass is 10.1. The fourth-order valence-electron chi connectivity index (χ4n) is 1.45. The molecule has 94 valence electrons. The summed E-state index contributed by atoms with van der Waals surface area (Å²) in [5.74, 6) is 0. The summed E-state index contributed by atoms with van der Waals surface area (Å²) in [7, 11) is 0. The molecule has 0 spiro atoms. The second kappa shape index (κ2) is 5.32. The molecule has 2 rings (SSSR count). The van der Waals surface area contributed by atoms with Gasteiger partial charge in [0.1, 0.15) is 5.02 Å².